The van der Waals surface area contributed by atoms with E-state index in [0.717, 1.165) is 0 Å². The van der Waals surface area contributed by atoms with Gasteiger partial charge in [0.1, 0.15) is 0 Å². The van der Waals surface area contributed by atoms with E-state index in [-0.39, 0.29) is 38.2 Å². The first kappa shape index (κ1) is 15.7. The van der Waals surface area contributed by atoms with Crippen molar-refractivity contribution in [2.75, 3.05) is 0 Å². The van der Waals surface area contributed by atoms with Gasteiger partial charge in [0.25, 0.3) is 0 Å². The Kier molecular flexibility index (Phi) is 24.9. The Balaban J connectivity index is -0.0000000450. The van der Waals surface area contributed by atoms with Crippen LogP contribution in [-0.4, -0.2) is 0 Å². The Morgan fingerprint density at radius 2 is 1.33 bits per heavy atom. The Hall–Kier alpha value is 1.21. The Morgan fingerprint density at radius 1 is 1.33 bits per heavy atom. The first-order valence-corrected chi connectivity index (χ1v) is 2.26. The third kappa shape index (κ3) is 63.2. The fourth-order valence-corrected chi connectivity index (χ4v) is 0. The molecule has 32 valence electrons. The van der Waals surface area contributed by atoms with Crippen molar-refractivity contribution >= 4 is 0 Å². The molecule has 6 heavy (non-hydrogen) atoms. The summed E-state index contributed by atoms with van der Waals surface area (Å²) in [4.78, 5) is 0. The summed E-state index contributed by atoms with van der Waals surface area (Å²) >= 11 is -3.94. The molecule has 0 aromatic heterocycles. The molecule has 0 radical (unpaired) electrons. The van der Waals surface area contributed by atoms with Crippen LogP contribution < -0.4 is 4.03 Å². The molecular weight excluding hydrogens is 204 g/mol. The van der Waals surface area contributed by atoms with Gasteiger partial charge in [0, 0.05) is 0 Å². The van der Waals surface area contributed by atoms with Crippen LogP contribution in [0.4, 0.5) is 0 Å². The van der Waals surface area contributed by atoms with Gasteiger partial charge in [-0.2, -0.15) is 0 Å². The van der Waals surface area contributed by atoms with Crippen LogP contribution in [0, 0.1) is 0 Å². The normalized spacial score (nSPS) is 4.17. The van der Waals surface area contributed by atoms with Gasteiger partial charge < -0.3 is 5.48 Å². The molecule has 0 aliphatic carbocycles. The smallest absolute Gasteiger partial charge is 3.00 e. The molecule has 0 saturated carbocycles. The third-order valence-corrected chi connectivity index (χ3v) is 0. The second-order valence-corrected chi connectivity index (χ2v) is 0.922. The maximum absolute atomic E-state index is 8.56. The fraction of sp³-hybridized carbons (Fsp3) is 0. The largest absolute Gasteiger partial charge is 3.00 e. The molecule has 0 aliphatic rings. The first-order chi connectivity index (χ1) is 1.73. The topological polar surface area (TPSA) is 85.7 Å². The third-order valence-electron chi connectivity index (χ3n) is 0. The number of hydrogen-bond acceptors (Lipinski definition) is 3. The van der Waals surface area contributed by atoms with Gasteiger partial charge in [-0.3, -0.25) is 0 Å². The molecular formula is O4VY. The molecule has 0 spiro atoms. The van der Waals surface area contributed by atoms with Gasteiger partial charge >= 0.3 is 59.5 Å². The van der Waals surface area contributed by atoms with E-state index in [1.54, 1.807) is 0 Å². The molecule has 0 fully saturated rings. The minimum Gasteiger partial charge on any atom is 3.00 e. The van der Waals surface area contributed by atoms with Crippen LogP contribution in [-0.2, 0) is 60.9 Å². The van der Waals surface area contributed by atoms with Crippen molar-refractivity contribution in [3.05, 3.63) is 0 Å². The summed E-state index contributed by atoms with van der Waals surface area (Å²) in [5.41, 5.74) is 0. The van der Waals surface area contributed by atoms with Crippen LogP contribution >= 0.6 is 0 Å². The van der Waals surface area contributed by atoms with Crippen LogP contribution in [0.2, 0.25) is 0 Å². The molecule has 0 saturated heterocycles. The minimum atomic E-state index is -3.94. The summed E-state index contributed by atoms with van der Waals surface area (Å²) in [5.74, 6) is 0. The molecule has 0 unspecified atom stereocenters. The summed E-state index contributed by atoms with van der Waals surface area (Å²) in [6.45, 7) is 0. The van der Waals surface area contributed by atoms with Crippen molar-refractivity contribution in [2.24, 2.45) is 0 Å². The van der Waals surface area contributed by atoms with Crippen molar-refractivity contribution < 1.29 is 65.0 Å². The molecule has 0 aliphatic heterocycles. The van der Waals surface area contributed by atoms with E-state index < -0.39 is 15.4 Å². The summed E-state index contributed by atoms with van der Waals surface area (Å²) < 4.78 is 25.7. The van der Waals surface area contributed by atoms with E-state index in [4.69, 9.17) is 11.4 Å². The van der Waals surface area contributed by atoms with Crippen molar-refractivity contribution in [1.82, 2.24) is 0 Å². The van der Waals surface area contributed by atoms with Gasteiger partial charge in [-0.15, -0.1) is 0 Å². The van der Waals surface area contributed by atoms with Crippen molar-refractivity contribution in [3.8, 4) is 0 Å². The monoisotopic (exact) mass is 204 g/mol. The predicted molar refractivity (Wildman–Crippen MR) is 2.06 cm³/mol. The summed E-state index contributed by atoms with van der Waals surface area (Å²) in [6.07, 6.45) is 0. The number of hydrogen-bond donors (Lipinski definition) is 0. The maximum Gasteiger partial charge on any atom is 3.00 e. The molecule has 0 atom stereocenters. The predicted octanol–water partition coefficient (Wildman–Crippen LogP) is -1.55. The molecule has 0 aromatic carbocycles. The second-order valence-electron chi connectivity index (χ2n) is 0.224. The van der Waals surface area contributed by atoms with E-state index in [2.05, 4.69) is 0 Å². The SMILES string of the molecule is [O-2].[O]=[V](=[O])[O-].[Y+3]. The van der Waals surface area contributed by atoms with E-state index >= 15 is 0 Å². The maximum atomic E-state index is 8.56. The van der Waals surface area contributed by atoms with Gasteiger partial charge in [-0.25, -0.2) is 0 Å². The average molecular weight is 204 g/mol. The van der Waals surface area contributed by atoms with Crippen LogP contribution in [0.3, 0.4) is 0 Å². The average Bonchev–Trinajstić information content (AvgIpc) is 0.811. The molecule has 0 aromatic rings. The van der Waals surface area contributed by atoms with Gasteiger partial charge in [-0.1, -0.05) is 0 Å². The summed E-state index contributed by atoms with van der Waals surface area (Å²) in [7, 11) is 0. The zero-order chi connectivity index (χ0) is 3.58. The van der Waals surface area contributed by atoms with E-state index in [1.165, 1.54) is 0 Å². The molecule has 0 bridgehead atoms. The molecule has 0 heterocycles. The van der Waals surface area contributed by atoms with Crippen LogP contribution in [0.15, 0.2) is 0 Å². The first-order valence-electron chi connectivity index (χ1n) is 0.548. The van der Waals surface area contributed by atoms with Gasteiger partial charge in [0.05, 0.1) is 0 Å². The van der Waals surface area contributed by atoms with Crippen LogP contribution in [0.5, 0.6) is 0 Å². The van der Waals surface area contributed by atoms with Crippen molar-refractivity contribution in [2.45, 2.75) is 0 Å². The van der Waals surface area contributed by atoms with Crippen molar-refractivity contribution in [1.29, 1.82) is 0 Å². The zero-order valence-corrected chi connectivity index (χ0v) is 6.89. The Morgan fingerprint density at radius 3 is 1.33 bits per heavy atom. The summed E-state index contributed by atoms with van der Waals surface area (Å²) in [6, 6.07) is 0. The van der Waals surface area contributed by atoms with Gasteiger partial charge in [0.2, 0.25) is 0 Å². The molecule has 6 heteroatoms. The standard InChI is InChI=1S/4O.V.Y/q;;-2;-1;;+3. The summed E-state index contributed by atoms with van der Waals surface area (Å²) in [5, 5.41) is 0. The van der Waals surface area contributed by atoms with Crippen molar-refractivity contribution in [3.63, 3.8) is 0 Å². The van der Waals surface area contributed by atoms with Crippen LogP contribution in [0.25, 0.3) is 0 Å². The molecule has 0 rings (SSSR count). The molecule has 0 amide bonds. The Labute approximate surface area is 64.5 Å². The quantitative estimate of drug-likeness (QED) is 0.478. The van der Waals surface area contributed by atoms with E-state index in [0.29, 0.717) is 0 Å². The molecule has 0 N–H and O–H groups in total. The van der Waals surface area contributed by atoms with Crippen LogP contribution in [0.1, 0.15) is 0 Å². The minimum absolute atomic E-state index is 0. The molecule has 4 nitrogen and oxygen atoms in total. The second kappa shape index (κ2) is 9.51. The van der Waals surface area contributed by atoms with Gasteiger partial charge in [-0.05, 0) is 0 Å². The van der Waals surface area contributed by atoms with E-state index in [1.807, 2.05) is 0 Å². The van der Waals surface area contributed by atoms with Gasteiger partial charge in [0.15, 0.2) is 0 Å². The Bertz CT molecular complexity index is 55.9. The zero-order valence-electron chi connectivity index (χ0n) is 2.66. The number of rotatable bonds is 0. The fourth-order valence-electron chi connectivity index (χ4n) is 0. The van der Waals surface area contributed by atoms with E-state index in [9.17, 15) is 0 Å².